The van der Waals surface area contributed by atoms with Crippen LogP contribution < -0.4 is 15.0 Å². The van der Waals surface area contributed by atoms with Gasteiger partial charge in [0.25, 0.3) is 5.91 Å². The fourth-order valence-electron chi connectivity index (χ4n) is 7.10. The van der Waals surface area contributed by atoms with Gasteiger partial charge < -0.3 is 24.8 Å². The molecule has 0 atom stereocenters. The van der Waals surface area contributed by atoms with Gasteiger partial charge in [0.2, 0.25) is 0 Å². The number of likely N-dealkylation sites (tertiary alicyclic amines) is 2. The molecule has 0 radical (unpaired) electrons. The van der Waals surface area contributed by atoms with Crippen molar-refractivity contribution in [2.24, 2.45) is 5.92 Å². The number of ether oxygens (including phenoxy) is 1. The van der Waals surface area contributed by atoms with Gasteiger partial charge in [-0.3, -0.25) is 14.7 Å². The Morgan fingerprint density at radius 2 is 1.48 bits per heavy atom. The number of pyridine rings is 1. The summed E-state index contributed by atoms with van der Waals surface area (Å²) >= 11 is 0. The fraction of sp³-hybridized carbons (Fsp3) is 0.436. The summed E-state index contributed by atoms with van der Waals surface area (Å²) in [6.07, 6.45) is 0.594. The van der Waals surface area contributed by atoms with Gasteiger partial charge in [-0.1, -0.05) is 37.4 Å². The number of piperidine rings is 2. The number of aromatic nitrogens is 1. The Bertz CT molecular complexity index is 1600. The van der Waals surface area contributed by atoms with Crippen molar-refractivity contribution in [3.63, 3.8) is 0 Å². The van der Waals surface area contributed by atoms with E-state index in [0.29, 0.717) is 31.2 Å². The van der Waals surface area contributed by atoms with Gasteiger partial charge in [-0.2, -0.15) is 0 Å². The summed E-state index contributed by atoms with van der Waals surface area (Å²) in [5, 5.41) is 3.52. The van der Waals surface area contributed by atoms with Crippen molar-refractivity contribution >= 4 is 22.9 Å². The van der Waals surface area contributed by atoms with Crippen LogP contribution in [0.1, 0.15) is 52.9 Å². The van der Waals surface area contributed by atoms with Crippen LogP contribution in [-0.4, -0.2) is 97.4 Å². The zero-order chi connectivity index (χ0) is 35.3. The minimum absolute atomic E-state index is 0.0504. The number of hydrogen-bond acceptors (Lipinski definition) is 7. The van der Waals surface area contributed by atoms with Gasteiger partial charge in [0.05, 0.1) is 0 Å². The van der Waals surface area contributed by atoms with Crippen molar-refractivity contribution in [3.05, 3.63) is 102 Å². The Balaban J connectivity index is 0.919. The smallest absolute Gasteiger partial charge is 0.406 e. The first-order valence-corrected chi connectivity index (χ1v) is 17.5. The molecular formula is C39H47F3N6O2. The topological polar surface area (TPSA) is 64.2 Å². The van der Waals surface area contributed by atoms with Crippen LogP contribution in [0.25, 0.3) is 11.3 Å². The van der Waals surface area contributed by atoms with Crippen LogP contribution in [0.3, 0.4) is 0 Å². The third-order valence-electron chi connectivity index (χ3n) is 10.2. The number of allylic oxidation sites excluding steroid dienone is 1. The number of anilines is 1. The van der Waals surface area contributed by atoms with E-state index >= 15 is 0 Å². The van der Waals surface area contributed by atoms with Gasteiger partial charge in [0, 0.05) is 88.1 Å². The number of halogens is 3. The van der Waals surface area contributed by atoms with Crippen molar-refractivity contribution in [3.8, 4) is 5.75 Å². The third-order valence-corrected chi connectivity index (χ3v) is 10.2. The van der Waals surface area contributed by atoms with E-state index in [9.17, 15) is 18.0 Å². The molecule has 3 aliphatic heterocycles. The largest absolute Gasteiger partial charge is 0.573 e. The standard InChI is InChI=1S/C39H47F3N6O2/c1-28(31-6-9-35(10-7-31)47-24-22-45(3)23-25-47)32-14-20-48(21-15-32)38(49)37-13-8-33(26-43-37)29(2)44-34-16-18-46(19-17-34)27-30-4-11-36(12-5-30)50-39(40,41)42/h4-13,26,32,34,44H,1-2,14-25,27H2,3H3. The Hall–Kier alpha value is -4.35. The van der Waals surface area contributed by atoms with E-state index in [2.05, 4.69) is 74.2 Å². The van der Waals surface area contributed by atoms with E-state index in [1.807, 2.05) is 11.0 Å². The van der Waals surface area contributed by atoms with Crippen molar-refractivity contribution in [2.45, 2.75) is 44.6 Å². The van der Waals surface area contributed by atoms with Gasteiger partial charge >= 0.3 is 6.36 Å². The Kier molecular flexibility index (Phi) is 11.1. The Morgan fingerprint density at radius 3 is 2.08 bits per heavy atom. The van der Waals surface area contributed by atoms with Crippen molar-refractivity contribution in [2.75, 3.05) is 64.3 Å². The summed E-state index contributed by atoms with van der Waals surface area (Å²) in [5.41, 5.74) is 6.58. The van der Waals surface area contributed by atoms with Crippen molar-refractivity contribution in [1.82, 2.24) is 25.0 Å². The summed E-state index contributed by atoms with van der Waals surface area (Å²) < 4.78 is 41.2. The molecule has 0 aliphatic carbocycles. The van der Waals surface area contributed by atoms with Crippen LogP contribution in [0.4, 0.5) is 18.9 Å². The van der Waals surface area contributed by atoms with Crippen LogP contribution in [0.5, 0.6) is 5.75 Å². The number of hydrogen-bond donors (Lipinski definition) is 1. The zero-order valence-corrected chi connectivity index (χ0v) is 28.8. The van der Waals surface area contributed by atoms with Gasteiger partial charge in [0.1, 0.15) is 11.4 Å². The summed E-state index contributed by atoms with van der Waals surface area (Å²) in [7, 11) is 2.17. The van der Waals surface area contributed by atoms with E-state index in [1.165, 1.54) is 23.4 Å². The van der Waals surface area contributed by atoms with Gasteiger partial charge in [-0.05, 0) is 91.7 Å². The van der Waals surface area contributed by atoms with Gasteiger partial charge in [-0.25, -0.2) is 0 Å². The molecule has 0 spiro atoms. The molecule has 3 saturated heterocycles. The first kappa shape index (κ1) is 35.5. The fourth-order valence-corrected chi connectivity index (χ4v) is 7.10. The van der Waals surface area contributed by atoms with Gasteiger partial charge in [0.15, 0.2) is 0 Å². The normalized spacial score (nSPS) is 18.6. The van der Waals surface area contributed by atoms with Crippen LogP contribution in [-0.2, 0) is 6.54 Å². The van der Waals surface area contributed by atoms with E-state index in [-0.39, 0.29) is 17.7 Å². The lowest BCUT2D eigenvalue weighted by atomic mass is 9.86. The molecule has 50 heavy (non-hydrogen) atoms. The van der Waals surface area contributed by atoms with Crippen molar-refractivity contribution < 1.29 is 22.7 Å². The third kappa shape index (κ3) is 9.25. The average Bonchev–Trinajstić information content (AvgIpc) is 3.12. The number of nitrogens with one attached hydrogen (secondary N) is 1. The molecular weight excluding hydrogens is 641 g/mol. The minimum atomic E-state index is -4.69. The first-order chi connectivity index (χ1) is 24.0. The second kappa shape index (κ2) is 15.7. The average molecular weight is 689 g/mol. The molecule has 0 bridgehead atoms. The highest BCUT2D eigenvalue weighted by molar-refractivity contribution is 5.92. The molecule has 6 rings (SSSR count). The van der Waals surface area contributed by atoms with Crippen LogP contribution in [0, 0.1) is 5.92 Å². The number of carbonyl (C=O) groups excluding carboxylic acids is 1. The van der Waals surface area contributed by atoms with E-state index in [4.69, 9.17) is 0 Å². The quantitative estimate of drug-likeness (QED) is 0.260. The molecule has 8 nitrogen and oxygen atoms in total. The number of carbonyl (C=O) groups is 1. The van der Waals surface area contributed by atoms with Gasteiger partial charge in [-0.15, -0.1) is 13.2 Å². The molecule has 266 valence electrons. The molecule has 1 N–H and O–H groups in total. The molecule has 4 heterocycles. The monoisotopic (exact) mass is 688 g/mol. The zero-order valence-electron chi connectivity index (χ0n) is 28.8. The number of nitrogens with zero attached hydrogens (tertiary/aromatic N) is 5. The van der Waals surface area contributed by atoms with Crippen LogP contribution in [0.15, 0.2) is 80.0 Å². The molecule has 2 aromatic carbocycles. The SMILES string of the molecule is C=C(NC1CCN(Cc2ccc(OC(F)(F)F)cc2)CC1)c1ccc(C(=O)N2CCC(C(=C)c3ccc(N4CCN(C)CC4)cc3)CC2)nc1. The predicted octanol–water partition coefficient (Wildman–Crippen LogP) is 6.52. The van der Waals surface area contributed by atoms with Crippen LogP contribution in [0.2, 0.25) is 0 Å². The maximum absolute atomic E-state index is 13.3. The molecule has 0 unspecified atom stereocenters. The highest BCUT2D eigenvalue weighted by atomic mass is 19.4. The number of likely N-dealkylation sites (N-methyl/N-ethyl adjacent to an activating group) is 1. The summed E-state index contributed by atoms with van der Waals surface area (Å²) in [6.45, 7) is 16.6. The van der Waals surface area contributed by atoms with E-state index < -0.39 is 6.36 Å². The predicted molar refractivity (Wildman–Crippen MR) is 192 cm³/mol. The first-order valence-electron chi connectivity index (χ1n) is 17.5. The molecule has 1 amide bonds. The van der Waals surface area contributed by atoms with Crippen molar-refractivity contribution in [1.29, 1.82) is 0 Å². The second-order valence-corrected chi connectivity index (χ2v) is 13.7. The molecule has 0 saturated carbocycles. The lowest BCUT2D eigenvalue weighted by Gasteiger charge is -2.34. The molecule has 3 aromatic rings. The number of alkyl halides is 3. The number of piperazine rings is 1. The highest BCUT2D eigenvalue weighted by Gasteiger charge is 2.31. The summed E-state index contributed by atoms with van der Waals surface area (Å²) in [5.74, 6) is 0.0829. The molecule has 3 fully saturated rings. The minimum Gasteiger partial charge on any atom is -0.406 e. The second-order valence-electron chi connectivity index (χ2n) is 13.7. The number of amides is 1. The highest BCUT2D eigenvalue weighted by Crippen LogP contribution is 2.32. The summed E-state index contributed by atoms with van der Waals surface area (Å²) in [4.78, 5) is 26.8. The lowest BCUT2D eigenvalue weighted by molar-refractivity contribution is -0.274. The lowest BCUT2D eigenvalue weighted by Crippen LogP contribution is -2.44. The molecule has 3 aliphatic rings. The number of rotatable bonds is 10. The molecule has 1 aromatic heterocycles. The van der Waals surface area contributed by atoms with E-state index in [1.54, 1.807) is 24.4 Å². The Morgan fingerprint density at radius 1 is 0.840 bits per heavy atom. The number of benzene rings is 2. The van der Waals surface area contributed by atoms with Crippen LogP contribution >= 0.6 is 0 Å². The summed E-state index contributed by atoms with van der Waals surface area (Å²) in [6, 6.07) is 18.8. The van der Waals surface area contributed by atoms with E-state index in [0.717, 1.165) is 87.3 Å². The maximum atomic E-state index is 13.3. The molecule has 11 heteroatoms. The Labute approximate surface area is 293 Å². The maximum Gasteiger partial charge on any atom is 0.573 e.